The quantitative estimate of drug-likeness (QED) is 0.837. The summed E-state index contributed by atoms with van der Waals surface area (Å²) in [6.45, 7) is 3.73. The maximum Gasteiger partial charge on any atom is 0.0983 e. The fourth-order valence-electron chi connectivity index (χ4n) is 1.55. The van der Waals surface area contributed by atoms with Crippen molar-refractivity contribution >= 4 is 17.4 Å². The largest absolute Gasteiger partial charge is 0.398 e. The van der Waals surface area contributed by atoms with Gasteiger partial charge in [-0.15, -0.1) is 11.8 Å². The molecular formula is C11H16N2OS. The third-order valence-corrected chi connectivity index (χ3v) is 3.84. The van der Waals surface area contributed by atoms with Crippen LogP contribution in [0.4, 0.5) is 5.69 Å². The molecule has 0 bridgehead atoms. The molecule has 0 spiro atoms. The van der Waals surface area contributed by atoms with Gasteiger partial charge in [-0.25, -0.2) is 4.98 Å². The maximum absolute atomic E-state index is 5.85. The van der Waals surface area contributed by atoms with E-state index in [1.807, 2.05) is 30.9 Å². The van der Waals surface area contributed by atoms with Crippen LogP contribution in [0.5, 0.6) is 0 Å². The SMILES string of the molecule is Cc1cnc(SC2CCOCC2)cc1N. The number of aromatic nitrogens is 1. The Morgan fingerprint density at radius 2 is 2.20 bits per heavy atom. The molecule has 1 aliphatic rings. The third-order valence-electron chi connectivity index (χ3n) is 2.58. The van der Waals surface area contributed by atoms with E-state index in [1.54, 1.807) is 0 Å². The number of rotatable bonds is 2. The summed E-state index contributed by atoms with van der Waals surface area (Å²) >= 11 is 1.82. The monoisotopic (exact) mass is 224 g/mol. The van der Waals surface area contributed by atoms with Crippen LogP contribution in [0.15, 0.2) is 17.3 Å². The van der Waals surface area contributed by atoms with E-state index < -0.39 is 0 Å². The third kappa shape index (κ3) is 2.86. The molecule has 1 aliphatic heterocycles. The van der Waals surface area contributed by atoms with Gasteiger partial charge in [0.1, 0.15) is 0 Å². The van der Waals surface area contributed by atoms with Gasteiger partial charge in [0.25, 0.3) is 0 Å². The second-order valence-electron chi connectivity index (χ2n) is 3.81. The van der Waals surface area contributed by atoms with Gasteiger partial charge in [0.2, 0.25) is 0 Å². The first-order chi connectivity index (χ1) is 7.25. The summed E-state index contributed by atoms with van der Waals surface area (Å²) in [7, 11) is 0. The standard InChI is InChI=1S/C11H16N2OS/c1-8-7-13-11(6-10(8)12)15-9-2-4-14-5-3-9/h6-7,9H,2-5H2,1H3,(H2,12,13). The lowest BCUT2D eigenvalue weighted by Gasteiger charge is -2.21. The number of aryl methyl sites for hydroxylation is 1. The Morgan fingerprint density at radius 1 is 1.47 bits per heavy atom. The fourth-order valence-corrected chi connectivity index (χ4v) is 2.63. The molecule has 4 heteroatoms. The lowest BCUT2D eigenvalue weighted by Crippen LogP contribution is -2.17. The number of nitrogens with zero attached hydrogens (tertiary/aromatic N) is 1. The fraction of sp³-hybridized carbons (Fsp3) is 0.545. The van der Waals surface area contributed by atoms with E-state index in [2.05, 4.69) is 4.98 Å². The average molecular weight is 224 g/mol. The molecule has 1 aromatic rings. The second kappa shape index (κ2) is 4.86. The molecule has 2 N–H and O–H groups in total. The normalized spacial score (nSPS) is 17.9. The Labute approximate surface area is 94.4 Å². The Kier molecular flexibility index (Phi) is 3.49. The van der Waals surface area contributed by atoms with Gasteiger partial charge in [0.15, 0.2) is 0 Å². The van der Waals surface area contributed by atoms with Crippen LogP contribution in [0.25, 0.3) is 0 Å². The zero-order valence-electron chi connectivity index (χ0n) is 8.90. The van der Waals surface area contributed by atoms with Gasteiger partial charge in [-0.1, -0.05) is 0 Å². The topological polar surface area (TPSA) is 48.1 Å². The minimum atomic E-state index is 0.633. The molecule has 0 radical (unpaired) electrons. The summed E-state index contributed by atoms with van der Waals surface area (Å²) in [6.07, 6.45) is 4.07. The number of pyridine rings is 1. The number of thioether (sulfide) groups is 1. The Morgan fingerprint density at radius 3 is 2.87 bits per heavy atom. The van der Waals surface area contributed by atoms with Crippen molar-refractivity contribution in [2.75, 3.05) is 18.9 Å². The van der Waals surface area contributed by atoms with Gasteiger partial charge in [-0.05, 0) is 31.4 Å². The molecule has 15 heavy (non-hydrogen) atoms. The lowest BCUT2D eigenvalue weighted by molar-refractivity contribution is 0.1000. The van der Waals surface area contributed by atoms with E-state index in [1.165, 1.54) is 0 Å². The number of hydrogen-bond donors (Lipinski definition) is 1. The molecule has 1 fully saturated rings. The molecule has 82 valence electrons. The smallest absolute Gasteiger partial charge is 0.0983 e. The van der Waals surface area contributed by atoms with Crippen LogP contribution in [-0.2, 0) is 4.74 Å². The van der Waals surface area contributed by atoms with Crippen molar-refractivity contribution < 1.29 is 4.74 Å². The summed E-state index contributed by atoms with van der Waals surface area (Å²) < 4.78 is 5.32. The zero-order chi connectivity index (χ0) is 10.7. The van der Waals surface area contributed by atoms with Crippen molar-refractivity contribution in [2.45, 2.75) is 30.0 Å². The van der Waals surface area contributed by atoms with Gasteiger partial charge in [0, 0.05) is 30.3 Å². The summed E-state index contributed by atoms with van der Waals surface area (Å²) in [6, 6.07) is 1.97. The average Bonchev–Trinajstić information content (AvgIpc) is 2.25. The molecule has 2 heterocycles. The van der Waals surface area contributed by atoms with Crippen LogP contribution in [0, 0.1) is 6.92 Å². The molecule has 0 amide bonds. The van der Waals surface area contributed by atoms with Crippen LogP contribution in [0.2, 0.25) is 0 Å². The van der Waals surface area contributed by atoms with Gasteiger partial charge < -0.3 is 10.5 Å². The highest BCUT2D eigenvalue weighted by molar-refractivity contribution is 7.99. The highest BCUT2D eigenvalue weighted by Crippen LogP contribution is 2.29. The Bertz CT molecular complexity index is 337. The van der Waals surface area contributed by atoms with Crippen molar-refractivity contribution in [3.63, 3.8) is 0 Å². The van der Waals surface area contributed by atoms with Crippen molar-refractivity contribution in [1.82, 2.24) is 4.98 Å². The van der Waals surface area contributed by atoms with Crippen LogP contribution < -0.4 is 5.73 Å². The van der Waals surface area contributed by atoms with Crippen molar-refractivity contribution in [1.29, 1.82) is 0 Å². The van der Waals surface area contributed by atoms with E-state index in [-0.39, 0.29) is 0 Å². The first-order valence-corrected chi connectivity index (χ1v) is 6.10. The summed E-state index contributed by atoms with van der Waals surface area (Å²) in [4.78, 5) is 4.38. The molecule has 0 aliphatic carbocycles. The van der Waals surface area contributed by atoms with Crippen molar-refractivity contribution in [2.24, 2.45) is 0 Å². The minimum Gasteiger partial charge on any atom is -0.398 e. The van der Waals surface area contributed by atoms with E-state index in [0.717, 1.165) is 42.3 Å². The molecule has 0 aromatic carbocycles. The van der Waals surface area contributed by atoms with Gasteiger partial charge >= 0.3 is 0 Å². The molecule has 1 aromatic heterocycles. The number of nitrogen functional groups attached to an aromatic ring is 1. The van der Waals surface area contributed by atoms with E-state index in [4.69, 9.17) is 10.5 Å². The van der Waals surface area contributed by atoms with Gasteiger partial charge in [-0.3, -0.25) is 0 Å². The van der Waals surface area contributed by atoms with Crippen LogP contribution in [0.1, 0.15) is 18.4 Å². The first kappa shape index (κ1) is 10.8. The number of nitrogens with two attached hydrogens (primary N) is 1. The summed E-state index contributed by atoms with van der Waals surface area (Å²) in [5.41, 5.74) is 7.73. The molecule has 3 nitrogen and oxygen atoms in total. The summed E-state index contributed by atoms with van der Waals surface area (Å²) in [5, 5.41) is 1.67. The predicted octanol–water partition coefficient (Wildman–Crippen LogP) is 2.24. The zero-order valence-corrected chi connectivity index (χ0v) is 9.72. The Balaban J connectivity index is 2.00. The van der Waals surface area contributed by atoms with Gasteiger partial charge in [0.05, 0.1) is 5.03 Å². The highest BCUT2D eigenvalue weighted by atomic mass is 32.2. The van der Waals surface area contributed by atoms with Crippen LogP contribution in [-0.4, -0.2) is 23.4 Å². The molecular weight excluding hydrogens is 208 g/mol. The number of anilines is 1. The number of hydrogen-bond acceptors (Lipinski definition) is 4. The molecule has 2 rings (SSSR count). The van der Waals surface area contributed by atoms with Crippen molar-refractivity contribution in [3.8, 4) is 0 Å². The lowest BCUT2D eigenvalue weighted by atomic mass is 10.2. The van der Waals surface area contributed by atoms with Crippen LogP contribution in [0.3, 0.4) is 0 Å². The van der Waals surface area contributed by atoms with Gasteiger partial charge in [-0.2, -0.15) is 0 Å². The second-order valence-corrected chi connectivity index (χ2v) is 5.13. The molecule has 1 saturated heterocycles. The maximum atomic E-state index is 5.85. The molecule has 0 atom stereocenters. The minimum absolute atomic E-state index is 0.633. The van der Waals surface area contributed by atoms with E-state index >= 15 is 0 Å². The summed E-state index contributed by atoms with van der Waals surface area (Å²) in [5.74, 6) is 0. The predicted molar refractivity (Wildman–Crippen MR) is 63.1 cm³/mol. The number of ether oxygens (including phenoxy) is 1. The first-order valence-electron chi connectivity index (χ1n) is 5.22. The van der Waals surface area contributed by atoms with E-state index in [0.29, 0.717) is 5.25 Å². The highest BCUT2D eigenvalue weighted by Gasteiger charge is 2.15. The van der Waals surface area contributed by atoms with E-state index in [9.17, 15) is 0 Å². The Hall–Kier alpha value is -0.740. The van der Waals surface area contributed by atoms with Crippen molar-refractivity contribution in [3.05, 3.63) is 17.8 Å². The molecule has 0 saturated carbocycles. The molecule has 0 unspecified atom stereocenters. The van der Waals surface area contributed by atoms with Crippen LogP contribution >= 0.6 is 11.8 Å².